The van der Waals surface area contributed by atoms with Crippen molar-refractivity contribution in [3.05, 3.63) is 83.2 Å². The molecule has 2 aromatic carbocycles. The number of carbonyl (C=O) groups is 1. The first-order chi connectivity index (χ1) is 17.4. The van der Waals surface area contributed by atoms with E-state index in [0.29, 0.717) is 19.0 Å². The monoisotopic (exact) mass is 481 g/mol. The number of benzene rings is 2. The molecule has 5 rings (SSSR count). The minimum absolute atomic E-state index is 0.0579. The molecule has 0 saturated carbocycles. The van der Waals surface area contributed by atoms with E-state index < -0.39 is 0 Å². The van der Waals surface area contributed by atoms with Crippen molar-refractivity contribution < 1.29 is 4.79 Å². The maximum atomic E-state index is 13.1. The van der Waals surface area contributed by atoms with Crippen LogP contribution in [0.15, 0.2) is 60.9 Å². The van der Waals surface area contributed by atoms with Gasteiger partial charge in [0.2, 0.25) is 5.91 Å². The number of nitrogens with one attached hydrogen (secondary N) is 1. The third kappa shape index (κ3) is 4.99. The van der Waals surface area contributed by atoms with Gasteiger partial charge in [0.1, 0.15) is 5.52 Å². The molecule has 4 aromatic rings. The first-order valence-corrected chi connectivity index (χ1v) is 12.9. The SMILES string of the molecule is Cc1ccc(-c2cc3c(N4CCC[C@H](C(=O)NCc5ccc(C(C)C)cc5)C4)nccn3n2)c(C)c1. The molecule has 1 aliphatic rings. The van der Waals surface area contributed by atoms with Crippen molar-refractivity contribution in [3.8, 4) is 11.3 Å². The molecule has 0 unspecified atom stereocenters. The Balaban J connectivity index is 1.30. The quantitative estimate of drug-likeness (QED) is 0.385. The van der Waals surface area contributed by atoms with E-state index in [1.807, 2.05) is 10.7 Å². The number of hydrogen-bond donors (Lipinski definition) is 1. The summed E-state index contributed by atoms with van der Waals surface area (Å²) in [6, 6.07) is 17.1. The standard InChI is InChI=1S/C30H35N5O/c1-20(2)24-10-8-23(9-11-24)18-32-30(36)25-6-5-14-34(19-25)29-28-17-27(33-35(28)15-13-31-29)26-12-7-21(3)16-22(26)4/h7-13,15-17,20,25H,5-6,14,18-19H2,1-4H3,(H,32,36)/t25-/m0/s1. The van der Waals surface area contributed by atoms with Crippen molar-refractivity contribution in [1.29, 1.82) is 0 Å². The third-order valence-corrected chi connectivity index (χ3v) is 7.23. The van der Waals surface area contributed by atoms with Crippen LogP contribution in [0.3, 0.4) is 0 Å². The number of aromatic nitrogens is 3. The lowest BCUT2D eigenvalue weighted by molar-refractivity contribution is -0.125. The number of nitrogens with zero attached hydrogens (tertiary/aromatic N) is 4. The van der Waals surface area contributed by atoms with E-state index in [1.54, 1.807) is 6.20 Å². The van der Waals surface area contributed by atoms with Gasteiger partial charge in [-0.1, -0.05) is 61.9 Å². The van der Waals surface area contributed by atoms with Gasteiger partial charge in [-0.15, -0.1) is 0 Å². The zero-order valence-electron chi connectivity index (χ0n) is 21.7. The fraction of sp³-hybridized carbons (Fsp3) is 0.367. The van der Waals surface area contributed by atoms with E-state index >= 15 is 0 Å². The van der Waals surface area contributed by atoms with Gasteiger partial charge in [0, 0.05) is 37.6 Å². The fourth-order valence-corrected chi connectivity index (χ4v) is 5.12. The van der Waals surface area contributed by atoms with Crippen LogP contribution in [0.4, 0.5) is 5.82 Å². The highest BCUT2D eigenvalue weighted by Crippen LogP contribution is 2.30. The minimum atomic E-state index is -0.0579. The molecule has 2 aromatic heterocycles. The minimum Gasteiger partial charge on any atom is -0.354 e. The van der Waals surface area contributed by atoms with Gasteiger partial charge in [-0.3, -0.25) is 4.79 Å². The molecule has 1 atom stereocenters. The van der Waals surface area contributed by atoms with Crippen LogP contribution >= 0.6 is 0 Å². The lowest BCUT2D eigenvalue weighted by Crippen LogP contribution is -2.43. The van der Waals surface area contributed by atoms with Crippen LogP contribution in [0.5, 0.6) is 0 Å². The average molecular weight is 482 g/mol. The molecule has 0 aliphatic carbocycles. The molecule has 1 N–H and O–H groups in total. The molecule has 1 fully saturated rings. The number of carbonyl (C=O) groups excluding carboxylic acids is 1. The molecule has 0 bridgehead atoms. The van der Waals surface area contributed by atoms with E-state index in [9.17, 15) is 4.79 Å². The van der Waals surface area contributed by atoms with Gasteiger partial charge in [-0.05, 0) is 55.4 Å². The number of hydrogen-bond acceptors (Lipinski definition) is 4. The topological polar surface area (TPSA) is 62.5 Å². The van der Waals surface area contributed by atoms with Gasteiger partial charge in [-0.2, -0.15) is 5.10 Å². The Morgan fingerprint density at radius 2 is 1.92 bits per heavy atom. The maximum Gasteiger partial charge on any atom is 0.225 e. The summed E-state index contributed by atoms with van der Waals surface area (Å²) in [6.45, 7) is 10.7. The normalized spacial score (nSPS) is 16.0. The highest BCUT2D eigenvalue weighted by atomic mass is 16.1. The lowest BCUT2D eigenvalue weighted by atomic mass is 9.96. The van der Waals surface area contributed by atoms with Crippen LogP contribution in [-0.4, -0.2) is 33.6 Å². The number of amides is 1. The van der Waals surface area contributed by atoms with Crippen molar-refractivity contribution in [2.75, 3.05) is 18.0 Å². The number of fused-ring (bicyclic) bond motifs is 1. The first kappa shape index (κ1) is 24.0. The van der Waals surface area contributed by atoms with Gasteiger partial charge >= 0.3 is 0 Å². The predicted octanol–water partition coefficient (Wildman–Crippen LogP) is 5.67. The van der Waals surface area contributed by atoms with Crippen LogP contribution < -0.4 is 10.2 Å². The first-order valence-electron chi connectivity index (χ1n) is 12.9. The summed E-state index contributed by atoms with van der Waals surface area (Å²) in [4.78, 5) is 20.0. The number of anilines is 1. The van der Waals surface area contributed by atoms with Crippen molar-refractivity contribution in [2.24, 2.45) is 5.92 Å². The maximum absolute atomic E-state index is 13.1. The Kier molecular flexibility index (Phi) is 6.77. The van der Waals surface area contributed by atoms with Crippen LogP contribution in [0, 0.1) is 19.8 Å². The molecule has 1 saturated heterocycles. The molecule has 186 valence electrons. The highest BCUT2D eigenvalue weighted by Gasteiger charge is 2.28. The van der Waals surface area contributed by atoms with Gasteiger partial charge in [0.15, 0.2) is 5.82 Å². The molecular weight excluding hydrogens is 446 g/mol. The average Bonchev–Trinajstić information content (AvgIpc) is 3.31. The van der Waals surface area contributed by atoms with Crippen molar-refractivity contribution >= 4 is 17.2 Å². The van der Waals surface area contributed by atoms with Crippen LogP contribution in [0.1, 0.15) is 54.9 Å². The second kappa shape index (κ2) is 10.1. The Bertz CT molecular complexity index is 1370. The summed E-state index contributed by atoms with van der Waals surface area (Å²) in [5.74, 6) is 1.46. The molecule has 1 aliphatic heterocycles. The molecule has 6 heteroatoms. The number of rotatable bonds is 6. The summed E-state index contributed by atoms with van der Waals surface area (Å²) < 4.78 is 1.90. The second-order valence-electron chi connectivity index (χ2n) is 10.3. The summed E-state index contributed by atoms with van der Waals surface area (Å²) in [5, 5.41) is 7.99. The zero-order valence-corrected chi connectivity index (χ0v) is 21.7. The molecule has 1 amide bonds. The zero-order chi connectivity index (χ0) is 25.2. The largest absolute Gasteiger partial charge is 0.354 e. The smallest absolute Gasteiger partial charge is 0.225 e. The Morgan fingerprint density at radius 3 is 2.67 bits per heavy atom. The van der Waals surface area contributed by atoms with Crippen molar-refractivity contribution in [1.82, 2.24) is 19.9 Å². The molecule has 6 nitrogen and oxygen atoms in total. The van der Waals surface area contributed by atoms with E-state index in [-0.39, 0.29) is 11.8 Å². The molecule has 0 spiro atoms. The molecular formula is C30H35N5O. The summed E-state index contributed by atoms with van der Waals surface area (Å²) in [5.41, 5.74) is 7.94. The van der Waals surface area contributed by atoms with E-state index in [1.165, 1.54) is 16.7 Å². The van der Waals surface area contributed by atoms with Gasteiger partial charge < -0.3 is 10.2 Å². The summed E-state index contributed by atoms with van der Waals surface area (Å²) >= 11 is 0. The predicted molar refractivity (Wildman–Crippen MR) is 145 cm³/mol. The Hall–Kier alpha value is -3.67. The van der Waals surface area contributed by atoms with Crippen LogP contribution in [0.25, 0.3) is 16.8 Å². The molecule has 0 radical (unpaired) electrons. The molecule has 3 heterocycles. The third-order valence-electron chi connectivity index (χ3n) is 7.23. The van der Waals surface area contributed by atoms with E-state index in [2.05, 4.69) is 86.4 Å². The summed E-state index contributed by atoms with van der Waals surface area (Å²) in [7, 11) is 0. The van der Waals surface area contributed by atoms with Crippen molar-refractivity contribution in [2.45, 2.75) is 53.0 Å². The lowest BCUT2D eigenvalue weighted by Gasteiger charge is -2.33. The highest BCUT2D eigenvalue weighted by molar-refractivity contribution is 5.81. The van der Waals surface area contributed by atoms with E-state index in [0.717, 1.165) is 47.5 Å². The molecule has 36 heavy (non-hydrogen) atoms. The van der Waals surface area contributed by atoms with Crippen LogP contribution in [0.2, 0.25) is 0 Å². The summed E-state index contributed by atoms with van der Waals surface area (Å²) in [6.07, 6.45) is 5.54. The Labute approximate surface area is 213 Å². The second-order valence-corrected chi connectivity index (χ2v) is 10.3. The van der Waals surface area contributed by atoms with Gasteiger partial charge in [0.05, 0.1) is 11.6 Å². The van der Waals surface area contributed by atoms with E-state index in [4.69, 9.17) is 10.1 Å². The number of aryl methyl sites for hydroxylation is 2. The Morgan fingerprint density at radius 1 is 1.11 bits per heavy atom. The number of piperidine rings is 1. The van der Waals surface area contributed by atoms with Crippen molar-refractivity contribution in [3.63, 3.8) is 0 Å². The van der Waals surface area contributed by atoms with Gasteiger partial charge in [-0.25, -0.2) is 9.50 Å². The van der Waals surface area contributed by atoms with Gasteiger partial charge in [0.25, 0.3) is 0 Å². The van der Waals surface area contributed by atoms with Crippen LogP contribution in [-0.2, 0) is 11.3 Å². The fourth-order valence-electron chi connectivity index (χ4n) is 5.12.